The summed E-state index contributed by atoms with van der Waals surface area (Å²) in [5.41, 5.74) is 7.50. The molecule has 0 radical (unpaired) electrons. The third-order valence-corrected chi connectivity index (χ3v) is 6.96. The second-order valence-corrected chi connectivity index (χ2v) is 9.58. The van der Waals surface area contributed by atoms with Crippen molar-refractivity contribution in [2.75, 3.05) is 10.3 Å². The van der Waals surface area contributed by atoms with E-state index in [2.05, 4.69) is 15.8 Å². The van der Waals surface area contributed by atoms with Crippen molar-refractivity contribution in [1.29, 1.82) is 0 Å². The molecule has 2 aliphatic rings. The molecule has 2 aliphatic heterocycles. The Hall–Kier alpha value is -4.44. The number of hydrogen-bond donors (Lipinski definition) is 3. The van der Waals surface area contributed by atoms with Gasteiger partial charge in [0, 0.05) is 16.8 Å². The molecule has 5 rings (SSSR count). The maximum absolute atomic E-state index is 13.5. The summed E-state index contributed by atoms with van der Waals surface area (Å²) in [5.74, 6) is -1.16. The summed E-state index contributed by atoms with van der Waals surface area (Å²) in [7, 11) is 0. The molecule has 0 bridgehead atoms. The number of anilines is 3. The van der Waals surface area contributed by atoms with Crippen LogP contribution in [0.25, 0.3) is 6.08 Å². The first kappa shape index (κ1) is 24.3. The Labute approximate surface area is 215 Å². The van der Waals surface area contributed by atoms with Crippen LogP contribution in [0.15, 0.2) is 64.6 Å². The molecule has 0 saturated carbocycles. The Morgan fingerprint density at radius 2 is 1.89 bits per heavy atom. The number of benzene rings is 3. The predicted octanol–water partition coefficient (Wildman–Crippen LogP) is 5.30. The maximum atomic E-state index is 13.5. The molecular weight excluding hydrogens is 495 g/mol. The average Bonchev–Trinajstić information content (AvgIpc) is 3.34. The number of aromatic hydroxyl groups is 1. The van der Waals surface area contributed by atoms with Crippen molar-refractivity contribution in [3.05, 3.63) is 87.3 Å². The summed E-state index contributed by atoms with van der Waals surface area (Å²) in [6, 6.07) is 15.3. The van der Waals surface area contributed by atoms with E-state index in [0.29, 0.717) is 28.1 Å². The van der Waals surface area contributed by atoms with E-state index in [1.807, 2.05) is 32.0 Å². The lowest BCUT2D eigenvalue weighted by molar-refractivity contribution is -0.115. The Morgan fingerprint density at radius 1 is 1.08 bits per heavy atom. The van der Waals surface area contributed by atoms with Crippen molar-refractivity contribution >= 4 is 57.7 Å². The van der Waals surface area contributed by atoms with Gasteiger partial charge < -0.3 is 5.11 Å². The number of hydrazone groups is 1. The number of imide groups is 1. The first-order valence-corrected chi connectivity index (χ1v) is 12.1. The fraction of sp³-hybridized carbons (Fsp3) is 0.111. The molecule has 0 atom stereocenters. The van der Waals surface area contributed by atoms with Gasteiger partial charge in [0.15, 0.2) is 5.71 Å². The SMILES string of the molecule is Cc1ccc(N2C(=O)/C(=N\Nc3cccc(/C=C4\SC(=O)NC4=O)c3O)c3ccc(CF)cc32)cc1C. The quantitative estimate of drug-likeness (QED) is 0.241. The summed E-state index contributed by atoms with van der Waals surface area (Å²) in [4.78, 5) is 38.5. The van der Waals surface area contributed by atoms with Crippen LogP contribution >= 0.6 is 11.8 Å². The topological polar surface area (TPSA) is 111 Å². The number of nitrogens with one attached hydrogen (secondary N) is 2. The fourth-order valence-electron chi connectivity index (χ4n) is 4.05. The monoisotopic (exact) mass is 516 g/mol. The Morgan fingerprint density at radius 3 is 2.59 bits per heavy atom. The number of alkyl halides is 1. The number of halogens is 1. The Bertz CT molecular complexity index is 1550. The number of phenolic OH excluding ortho intramolecular Hbond substituents is 1. The largest absolute Gasteiger partial charge is 0.505 e. The Balaban J connectivity index is 1.51. The normalized spacial score (nSPS) is 17.1. The number of fused-ring (bicyclic) bond motifs is 1. The van der Waals surface area contributed by atoms with Crippen molar-refractivity contribution in [2.24, 2.45) is 5.10 Å². The summed E-state index contributed by atoms with van der Waals surface area (Å²) in [6.45, 7) is 3.25. The molecule has 37 heavy (non-hydrogen) atoms. The van der Waals surface area contributed by atoms with Gasteiger partial charge in [0.05, 0.1) is 16.3 Å². The van der Waals surface area contributed by atoms with Crippen molar-refractivity contribution in [2.45, 2.75) is 20.5 Å². The molecule has 2 heterocycles. The van der Waals surface area contributed by atoms with Gasteiger partial charge in [-0.25, -0.2) is 4.39 Å². The molecule has 3 amide bonds. The van der Waals surface area contributed by atoms with Gasteiger partial charge in [0.1, 0.15) is 12.4 Å². The number of amides is 3. The number of nitrogens with zero attached hydrogens (tertiary/aromatic N) is 2. The van der Waals surface area contributed by atoms with Gasteiger partial charge in [-0.1, -0.05) is 30.3 Å². The third kappa shape index (κ3) is 4.47. The molecular formula is C27H21FN4O4S. The molecule has 8 nitrogen and oxygen atoms in total. The lowest BCUT2D eigenvalue weighted by Crippen LogP contribution is -2.26. The van der Waals surface area contributed by atoms with Crippen LogP contribution < -0.4 is 15.6 Å². The minimum absolute atomic E-state index is 0.0955. The van der Waals surface area contributed by atoms with Gasteiger partial charge in [-0.2, -0.15) is 5.10 Å². The molecule has 3 N–H and O–H groups in total. The van der Waals surface area contributed by atoms with Crippen LogP contribution in [0.5, 0.6) is 5.75 Å². The summed E-state index contributed by atoms with van der Waals surface area (Å²) in [6.07, 6.45) is 1.40. The van der Waals surface area contributed by atoms with E-state index in [9.17, 15) is 23.9 Å². The van der Waals surface area contributed by atoms with Gasteiger partial charge in [-0.3, -0.25) is 30.0 Å². The van der Waals surface area contributed by atoms with Crippen LogP contribution in [0.1, 0.15) is 27.8 Å². The summed E-state index contributed by atoms with van der Waals surface area (Å²) < 4.78 is 13.5. The summed E-state index contributed by atoms with van der Waals surface area (Å²) in [5, 5.41) is 16.7. The average molecular weight is 517 g/mol. The number of rotatable bonds is 5. The van der Waals surface area contributed by atoms with Gasteiger partial charge in [0.25, 0.3) is 17.1 Å². The van der Waals surface area contributed by atoms with Crippen molar-refractivity contribution in [3.63, 3.8) is 0 Å². The first-order valence-electron chi connectivity index (χ1n) is 11.3. The minimum atomic E-state index is -0.676. The second-order valence-electron chi connectivity index (χ2n) is 8.56. The van der Waals surface area contributed by atoms with E-state index >= 15 is 0 Å². The lowest BCUT2D eigenvalue weighted by Gasteiger charge is -2.18. The highest BCUT2D eigenvalue weighted by molar-refractivity contribution is 8.18. The van der Waals surface area contributed by atoms with E-state index in [1.165, 1.54) is 11.0 Å². The maximum Gasteiger partial charge on any atom is 0.290 e. The highest BCUT2D eigenvalue weighted by atomic mass is 32.2. The standard InChI is InChI=1S/C27H21FN4O4S/c1-14-6-8-18(10-15(14)2)32-21-11-16(13-28)7-9-19(21)23(26(32)35)31-30-20-5-3-4-17(24(20)33)12-22-25(34)29-27(36)37-22/h3-12,30,33H,13H2,1-2H3,(H,29,34,36)/b22-12-,31-23-. The molecule has 0 spiro atoms. The first-order chi connectivity index (χ1) is 17.8. The number of aryl methyl sites for hydroxylation is 2. The molecule has 3 aromatic rings. The van der Waals surface area contributed by atoms with Crippen LogP contribution in [-0.4, -0.2) is 27.9 Å². The third-order valence-electron chi connectivity index (χ3n) is 6.15. The van der Waals surface area contributed by atoms with E-state index in [1.54, 1.807) is 36.4 Å². The number of hydrogen-bond acceptors (Lipinski definition) is 7. The predicted molar refractivity (Wildman–Crippen MR) is 142 cm³/mol. The van der Waals surface area contributed by atoms with Gasteiger partial charge in [-0.15, -0.1) is 0 Å². The zero-order chi connectivity index (χ0) is 26.3. The number of carbonyl (C=O) groups is 3. The molecule has 3 aromatic carbocycles. The molecule has 0 aromatic heterocycles. The van der Waals surface area contributed by atoms with E-state index in [-0.39, 0.29) is 22.1 Å². The van der Waals surface area contributed by atoms with Crippen LogP contribution in [0.4, 0.5) is 26.2 Å². The number of thioether (sulfide) groups is 1. The zero-order valence-corrected chi connectivity index (χ0v) is 20.6. The highest BCUT2D eigenvalue weighted by Gasteiger charge is 2.36. The van der Waals surface area contributed by atoms with Gasteiger partial charge in [-0.05, 0) is 72.6 Å². The zero-order valence-electron chi connectivity index (χ0n) is 19.8. The molecule has 186 valence electrons. The molecule has 1 saturated heterocycles. The minimum Gasteiger partial charge on any atom is -0.505 e. The number of carbonyl (C=O) groups excluding carboxylic acids is 3. The smallest absolute Gasteiger partial charge is 0.290 e. The molecule has 10 heteroatoms. The van der Waals surface area contributed by atoms with Gasteiger partial charge >= 0.3 is 0 Å². The van der Waals surface area contributed by atoms with E-state index < -0.39 is 23.7 Å². The van der Waals surface area contributed by atoms with Crippen LogP contribution in [0.2, 0.25) is 0 Å². The van der Waals surface area contributed by atoms with Crippen LogP contribution in [0, 0.1) is 13.8 Å². The Kier molecular flexibility index (Phi) is 6.26. The van der Waals surface area contributed by atoms with Crippen LogP contribution in [0.3, 0.4) is 0 Å². The second kappa shape index (κ2) is 9.55. The molecule has 0 unspecified atom stereocenters. The molecule has 1 fully saturated rings. The summed E-state index contributed by atoms with van der Waals surface area (Å²) >= 11 is 0.738. The van der Waals surface area contributed by atoms with Crippen molar-refractivity contribution in [3.8, 4) is 5.75 Å². The van der Waals surface area contributed by atoms with Crippen LogP contribution in [-0.2, 0) is 16.3 Å². The van der Waals surface area contributed by atoms with E-state index in [0.717, 1.165) is 22.9 Å². The highest BCUT2D eigenvalue weighted by Crippen LogP contribution is 2.38. The molecule has 0 aliphatic carbocycles. The number of phenols is 1. The van der Waals surface area contributed by atoms with Gasteiger partial charge in [0.2, 0.25) is 0 Å². The van der Waals surface area contributed by atoms with Crippen molar-refractivity contribution in [1.82, 2.24) is 5.32 Å². The lowest BCUT2D eigenvalue weighted by atomic mass is 10.1. The van der Waals surface area contributed by atoms with Crippen molar-refractivity contribution < 1.29 is 23.9 Å². The number of para-hydroxylation sites is 1. The van der Waals surface area contributed by atoms with E-state index in [4.69, 9.17) is 0 Å². The fourth-order valence-corrected chi connectivity index (χ4v) is 4.72.